The third-order valence-corrected chi connectivity index (χ3v) is 5.06. The van der Waals surface area contributed by atoms with Crippen molar-refractivity contribution in [2.75, 3.05) is 46.5 Å². The van der Waals surface area contributed by atoms with Gasteiger partial charge in [-0.25, -0.2) is 4.79 Å². The molecular weight excluding hydrogens is 384 g/mol. The Hall–Kier alpha value is -2.48. The van der Waals surface area contributed by atoms with Crippen LogP contribution in [0.3, 0.4) is 0 Å². The monoisotopic (exact) mass is 418 g/mol. The summed E-state index contributed by atoms with van der Waals surface area (Å²) in [5, 5.41) is 3.46. The van der Waals surface area contributed by atoms with E-state index in [4.69, 9.17) is 14.2 Å². The maximum absolute atomic E-state index is 12.4. The number of aliphatic imine (C=N–C) groups is 1. The molecule has 1 fully saturated rings. The average Bonchev–Trinajstić information content (AvgIpc) is 3.08. The number of amides is 1. The Balaban J connectivity index is 1.55. The lowest BCUT2D eigenvalue weighted by atomic mass is 10.1. The fourth-order valence-corrected chi connectivity index (χ4v) is 3.57. The number of carbonyl (C=O) groups excluding carboxylic acids is 1. The van der Waals surface area contributed by atoms with Crippen molar-refractivity contribution in [3.63, 3.8) is 0 Å². The Kier molecular flexibility index (Phi) is 7.07. The molecule has 166 valence electrons. The van der Waals surface area contributed by atoms with Gasteiger partial charge in [0.25, 0.3) is 0 Å². The van der Waals surface area contributed by atoms with Gasteiger partial charge in [0.15, 0.2) is 5.96 Å². The van der Waals surface area contributed by atoms with Gasteiger partial charge in [0.2, 0.25) is 0 Å². The molecule has 3 rings (SSSR count). The lowest BCUT2D eigenvalue weighted by molar-refractivity contribution is 0.0137. The van der Waals surface area contributed by atoms with Gasteiger partial charge < -0.3 is 29.3 Å². The van der Waals surface area contributed by atoms with E-state index in [0.29, 0.717) is 39.4 Å². The molecule has 8 nitrogen and oxygen atoms in total. The van der Waals surface area contributed by atoms with Crippen molar-refractivity contribution < 1.29 is 19.0 Å². The largest absolute Gasteiger partial charge is 0.491 e. The van der Waals surface area contributed by atoms with Crippen LogP contribution in [-0.2, 0) is 16.0 Å². The van der Waals surface area contributed by atoms with Gasteiger partial charge in [-0.3, -0.25) is 4.99 Å². The van der Waals surface area contributed by atoms with Gasteiger partial charge in [-0.05, 0) is 39.3 Å². The first-order valence-corrected chi connectivity index (χ1v) is 10.5. The molecule has 1 unspecified atom stereocenters. The summed E-state index contributed by atoms with van der Waals surface area (Å²) < 4.78 is 16.5. The number of rotatable bonds is 6. The topological polar surface area (TPSA) is 75.6 Å². The van der Waals surface area contributed by atoms with E-state index in [1.807, 2.05) is 26.8 Å². The molecule has 1 amide bonds. The molecule has 1 aromatic carbocycles. The highest BCUT2D eigenvalue weighted by atomic mass is 16.6. The van der Waals surface area contributed by atoms with E-state index in [9.17, 15) is 4.79 Å². The summed E-state index contributed by atoms with van der Waals surface area (Å²) in [5.74, 6) is 1.75. The predicted molar refractivity (Wildman–Crippen MR) is 116 cm³/mol. The number of benzene rings is 1. The fraction of sp³-hybridized carbons (Fsp3) is 0.636. The normalized spacial score (nSPS) is 18.7. The Morgan fingerprint density at radius 3 is 2.80 bits per heavy atom. The summed E-state index contributed by atoms with van der Waals surface area (Å²) in [4.78, 5) is 21.1. The van der Waals surface area contributed by atoms with Crippen LogP contribution >= 0.6 is 0 Å². The van der Waals surface area contributed by atoms with E-state index in [2.05, 4.69) is 34.3 Å². The summed E-state index contributed by atoms with van der Waals surface area (Å²) in [6.45, 7) is 12.1. The van der Waals surface area contributed by atoms with Gasteiger partial charge in [0, 0.05) is 38.9 Å². The number of hydrogen-bond donors (Lipinski definition) is 1. The first-order valence-electron chi connectivity index (χ1n) is 10.5. The first-order chi connectivity index (χ1) is 14.3. The summed E-state index contributed by atoms with van der Waals surface area (Å²) in [5.41, 5.74) is 1.75. The van der Waals surface area contributed by atoms with Crippen LogP contribution in [-0.4, -0.2) is 80.0 Å². The van der Waals surface area contributed by atoms with Crippen LogP contribution in [0.1, 0.15) is 31.9 Å². The highest BCUT2D eigenvalue weighted by Gasteiger charge is 2.36. The summed E-state index contributed by atoms with van der Waals surface area (Å²) in [6.07, 6.45) is -0.249. The lowest BCUT2D eigenvalue weighted by Gasteiger charge is -2.39. The molecule has 1 saturated heterocycles. The van der Waals surface area contributed by atoms with Crippen LogP contribution in [0.2, 0.25) is 0 Å². The molecule has 1 N–H and O–H groups in total. The zero-order chi connectivity index (χ0) is 21.7. The number of carbonyl (C=O) groups is 1. The van der Waals surface area contributed by atoms with Crippen LogP contribution in [0.25, 0.3) is 0 Å². The van der Waals surface area contributed by atoms with Crippen molar-refractivity contribution >= 4 is 12.1 Å². The minimum absolute atomic E-state index is 0.184. The predicted octanol–water partition coefficient (Wildman–Crippen LogP) is 2.40. The number of aryl methyl sites for hydroxylation is 1. The third kappa shape index (κ3) is 5.78. The molecule has 0 aromatic heterocycles. The molecule has 0 spiro atoms. The summed E-state index contributed by atoms with van der Waals surface area (Å²) >= 11 is 0. The van der Waals surface area contributed by atoms with Crippen molar-refractivity contribution in [2.24, 2.45) is 4.99 Å². The van der Waals surface area contributed by atoms with Crippen molar-refractivity contribution in [3.8, 4) is 5.75 Å². The summed E-state index contributed by atoms with van der Waals surface area (Å²) in [6, 6.07) is 6.40. The van der Waals surface area contributed by atoms with E-state index < -0.39 is 5.60 Å². The molecule has 30 heavy (non-hydrogen) atoms. The number of hydrogen-bond acceptors (Lipinski definition) is 7. The van der Waals surface area contributed by atoms with Crippen molar-refractivity contribution in [1.29, 1.82) is 0 Å². The van der Waals surface area contributed by atoms with Gasteiger partial charge in [-0.15, -0.1) is 0 Å². The molecule has 1 atom stereocenters. The first kappa shape index (κ1) is 22.2. The maximum Gasteiger partial charge on any atom is 0.410 e. The van der Waals surface area contributed by atoms with Gasteiger partial charge >= 0.3 is 6.09 Å². The number of nitrogens with zero attached hydrogens (tertiary/aromatic N) is 3. The van der Waals surface area contributed by atoms with E-state index in [-0.39, 0.29) is 12.1 Å². The second-order valence-electron chi connectivity index (χ2n) is 8.74. The van der Waals surface area contributed by atoms with E-state index in [1.54, 1.807) is 12.0 Å². The Morgan fingerprint density at radius 1 is 1.27 bits per heavy atom. The van der Waals surface area contributed by atoms with E-state index in [1.165, 1.54) is 0 Å². The molecule has 2 aliphatic heterocycles. The zero-order valence-electron chi connectivity index (χ0n) is 18.7. The number of piperazine rings is 1. The number of nitrogens with one attached hydrogen (secondary N) is 1. The third-order valence-electron chi connectivity index (χ3n) is 5.06. The number of guanidine groups is 1. The quantitative estimate of drug-likeness (QED) is 0.715. The molecule has 2 heterocycles. The summed E-state index contributed by atoms with van der Waals surface area (Å²) in [7, 11) is 1.67. The average molecular weight is 419 g/mol. The molecule has 8 heteroatoms. The minimum atomic E-state index is -0.482. The molecule has 0 saturated carbocycles. The molecule has 0 aliphatic carbocycles. The lowest BCUT2D eigenvalue weighted by Crippen LogP contribution is -2.57. The second-order valence-corrected chi connectivity index (χ2v) is 8.74. The van der Waals surface area contributed by atoms with Crippen LogP contribution in [0.5, 0.6) is 5.75 Å². The van der Waals surface area contributed by atoms with Crippen LogP contribution < -0.4 is 10.1 Å². The molecule has 0 radical (unpaired) electrons. The number of methoxy groups -OCH3 is 1. The molecule has 0 bridgehead atoms. The fourth-order valence-electron chi connectivity index (χ4n) is 3.57. The van der Waals surface area contributed by atoms with Gasteiger partial charge in [0.1, 0.15) is 18.0 Å². The van der Waals surface area contributed by atoms with Gasteiger partial charge in [-0.1, -0.05) is 12.1 Å². The smallest absolute Gasteiger partial charge is 0.410 e. The molecule has 1 aromatic rings. The van der Waals surface area contributed by atoms with Crippen LogP contribution in [0.4, 0.5) is 4.79 Å². The van der Waals surface area contributed by atoms with Crippen molar-refractivity contribution in [1.82, 2.24) is 15.1 Å². The maximum atomic E-state index is 12.4. The Morgan fingerprint density at radius 2 is 2.07 bits per heavy atom. The molecular formula is C22H34N4O4. The SMILES string of the molecule is COCCOc1cc(C)ccc1CNC1=NCC2CN(C(=O)OC(C)(C)C)CCN12. The van der Waals surface area contributed by atoms with Gasteiger partial charge in [0.05, 0.1) is 19.2 Å². The highest BCUT2D eigenvalue weighted by Crippen LogP contribution is 2.22. The highest BCUT2D eigenvalue weighted by molar-refractivity contribution is 5.82. The van der Waals surface area contributed by atoms with E-state index >= 15 is 0 Å². The Bertz CT molecular complexity index is 775. The molecule has 2 aliphatic rings. The Labute approximate surface area is 179 Å². The van der Waals surface area contributed by atoms with Crippen LogP contribution in [0.15, 0.2) is 23.2 Å². The standard InChI is InChI=1S/C22H34N4O4/c1-16-6-7-17(19(12-16)29-11-10-28-5)13-23-20-24-14-18-15-25(8-9-26(18)20)21(27)30-22(2,3)4/h6-7,12,18H,8-11,13-15H2,1-5H3,(H,23,24). The zero-order valence-corrected chi connectivity index (χ0v) is 18.7. The van der Waals surface area contributed by atoms with E-state index in [0.717, 1.165) is 29.4 Å². The van der Waals surface area contributed by atoms with Gasteiger partial charge in [-0.2, -0.15) is 0 Å². The minimum Gasteiger partial charge on any atom is -0.491 e. The number of fused-ring (bicyclic) bond motifs is 1. The van der Waals surface area contributed by atoms with Crippen molar-refractivity contribution in [3.05, 3.63) is 29.3 Å². The number of ether oxygens (including phenoxy) is 3. The van der Waals surface area contributed by atoms with Crippen LogP contribution in [0, 0.1) is 6.92 Å². The second kappa shape index (κ2) is 9.55. The van der Waals surface area contributed by atoms with Crippen molar-refractivity contribution in [2.45, 2.75) is 45.9 Å².